The summed E-state index contributed by atoms with van der Waals surface area (Å²) in [6.07, 6.45) is 0. The Bertz CT molecular complexity index is 927. The highest BCUT2D eigenvalue weighted by molar-refractivity contribution is 8.19. The number of anilines is 1. The number of hydrogen-bond donors (Lipinski definition) is 1. The lowest BCUT2D eigenvalue weighted by Crippen LogP contribution is -2.08. The summed E-state index contributed by atoms with van der Waals surface area (Å²) in [5.41, 5.74) is 2.75. The largest absolute Gasteiger partial charge is 0.493 e. The lowest BCUT2D eigenvalue weighted by atomic mass is 10.1. The second-order valence-electron chi connectivity index (χ2n) is 6.73. The van der Waals surface area contributed by atoms with Crippen molar-refractivity contribution in [2.45, 2.75) is 16.8 Å². The zero-order valence-electron chi connectivity index (χ0n) is 18.4. The number of carbonyl (C=O) groups excluding carboxylic acids is 1. The predicted octanol–water partition coefficient (Wildman–Crippen LogP) is 4.91. The van der Waals surface area contributed by atoms with E-state index in [1.54, 1.807) is 35.5 Å². The van der Waals surface area contributed by atoms with Gasteiger partial charge in [0.15, 0.2) is 23.0 Å². The Morgan fingerprint density at radius 1 is 0.839 bits per heavy atom. The van der Waals surface area contributed by atoms with Crippen LogP contribution in [0.2, 0.25) is 0 Å². The van der Waals surface area contributed by atoms with Crippen LogP contribution in [0.15, 0.2) is 24.3 Å². The van der Waals surface area contributed by atoms with Crippen LogP contribution in [0.3, 0.4) is 0 Å². The first-order valence-corrected chi connectivity index (χ1v) is 11.5. The number of rotatable bonds is 8. The minimum atomic E-state index is -0.167. The molecular weight excluding hydrogens is 438 g/mol. The normalized spacial score (nSPS) is 17.7. The van der Waals surface area contributed by atoms with Gasteiger partial charge in [-0.1, -0.05) is 0 Å². The van der Waals surface area contributed by atoms with Crippen LogP contribution >= 0.6 is 23.5 Å². The van der Waals surface area contributed by atoms with Crippen molar-refractivity contribution in [1.82, 2.24) is 0 Å². The molecule has 0 aliphatic carbocycles. The summed E-state index contributed by atoms with van der Waals surface area (Å²) in [6, 6.07) is 7.91. The Morgan fingerprint density at radius 3 is 1.90 bits per heavy atom. The van der Waals surface area contributed by atoms with E-state index in [-0.39, 0.29) is 15.7 Å². The van der Waals surface area contributed by atoms with Crippen LogP contribution in [-0.4, -0.2) is 47.2 Å². The lowest BCUT2D eigenvalue weighted by Gasteiger charge is -2.18. The molecule has 0 spiro atoms. The van der Waals surface area contributed by atoms with E-state index in [2.05, 4.69) is 5.32 Å². The van der Waals surface area contributed by atoms with Crippen LogP contribution in [-0.2, 0) is 4.79 Å². The molecule has 0 saturated carbocycles. The van der Waals surface area contributed by atoms with Crippen LogP contribution in [0.1, 0.15) is 27.9 Å². The van der Waals surface area contributed by atoms with E-state index in [4.69, 9.17) is 23.7 Å². The molecule has 1 amide bonds. The highest BCUT2D eigenvalue weighted by atomic mass is 32.2. The molecule has 0 aromatic heterocycles. The van der Waals surface area contributed by atoms with Crippen molar-refractivity contribution in [3.05, 3.63) is 35.4 Å². The first kappa shape index (κ1) is 23.3. The highest BCUT2D eigenvalue weighted by Crippen LogP contribution is 2.58. The Kier molecular flexibility index (Phi) is 7.72. The number of nitrogens with one attached hydrogen (secondary N) is 1. The molecule has 1 fully saturated rings. The Balaban J connectivity index is 1.91. The third kappa shape index (κ3) is 4.93. The van der Waals surface area contributed by atoms with Gasteiger partial charge in [-0.15, -0.1) is 23.5 Å². The zero-order chi connectivity index (χ0) is 22.5. The van der Waals surface area contributed by atoms with Crippen molar-refractivity contribution in [3.63, 3.8) is 0 Å². The summed E-state index contributed by atoms with van der Waals surface area (Å²) in [5.74, 6) is 3.71. The maximum Gasteiger partial charge on any atom is 0.221 e. The molecule has 1 heterocycles. The quantitative estimate of drug-likeness (QED) is 0.590. The second-order valence-corrected chi connectivity index (χ2v) is 9.48. The van der Waals surface area contributed by atoms with E-state index in [1.807, 2.05) is 47.8 Å². The molecule has 1 aliphatic heterocycles. The molecule has 2 aromatic rings. The van der Waals surface area contributed by atoms with Gasteiger partial charge in [-0.3, -0.25) is 4.79 Å². The van der Waals surface area contributed by atoms with Crippen molar-refractivity contribution in [2.24, 2.45) is 0 Å². The smallest absolute Gasteiger partial charge is 0.221 e. The predicted molar refractivity (Wildman–Crippen MR) is 125 cm³/mol. The second kappa shape index (κ2) is 10.3. The molecule has 0 bridgehead atoms. The third-order valence-corrected chi connectivity index (χ3v) is 8.17. The maximum absolute atomic E-state index is 11.7. The molecule has 7 nitrogen and oxygen atoms in total. The number of thioether (sulfide) groups is 2. The number of benzene rings is 2. The first-order valence-electron chi connectivity index (χ1n) is 9.56. The molecule has 168 valence electrons. The third-order valence-electron chi connectivity index (χ3n) is 4.83. The summed E-state index contributed by atoms with van der Waals surface area (Å²) in [6.45, 7) is 1.47. The molecule has 9 heteroatoms. The van der Waals surface area contributed by atoms with Gasteiger partial charge in [0.2, 0.25) is 11.7 Å². The zero-order valence-corrected chi connectivity index (χ0v) is 20.1. The standard InChI is InChI=1S/C22H27NO6S2/c1-12(24)23-15-7-14(10-16(25-2)20(15)28-5)22-30-11-19(31-22)13-8-17(26-3)21(29-6)18(9-13)27-4/h7-10,19,22H,11H2,1-6H3,(H,23,24)/t19-,22+/m0/s1. The van der Waals surface area contributed by atoms with Crippen molar-refractivity contribution >= 4 is 35.1 Å². The van der Waals surface area contributed by atoms with Crippen molar-refractivity contribution in [1.29, 1.82) is 0 Å². The minimum Gasteiger partial charge on any atom is -0.493 e. The number of methoxy groups -OCH3 is 5. The molecule has 0 unspecified atom stereocenters. The molecule has 3 rings (SSSR count). The number of hydrogen-bond acceptors (Lipinski definition) is 8. The fourth-order valence-corrected chi connectivity index (χ4v) is 6.70. The van der Waals surface area contributed by atoms with E-state index in [1.165, 1.54) is 6.92 Å². The molecule has 2 aromatic carbocycles. The fraction of sp³-hybridized carbons (Fsp3) is 0.409. The molecule has 31 heavy (non-hydrogen) atoms. The fourth-order valence-electron chi connectivity index (χ4n) is 3.44. The molecule has 1 N–H and O–H groups in total. The molecule has 0 radical (unpaired) electrons. The topological polar surface area (TPSA) is 75.3 Å². The summed E-state index contributed by atoms with van der Waals surface area (Å²) in [7, 11) is 7.98. The molecule has 1 saturated heterocycles. The molecule has 1 aliphatic rings. The van der Waals surface area contributed by atoms with Gasteiger partial charge < -0.3 is 29.0 Å². The van der Waals surface area contributed by atoms with E-state index in [0.29, 0.717) is 34.4 Å². The van der Waals surface area contributed by atoms with E-state index >= 15 is 0 Å². The van der Waals surface area contributed by atoms with Gasteiger partial charge in [0.25, 0.3) is 0 Å². The molecule has 2 atom stereocenters. The Morgan fingerprint density at radius 2 is 1.39 bits per heavy atom. The molecular formula is C22H27NO6S2. The van der Waals surface area contributed by atoms with Crippen LogP contribution in [0.25, 0.3) is 0 Å². The van der Waals surface area contributed by atoms with Crippen LogP contribution in [0.4, 0.5) is 5.69 Å². The van der Waals surface area contributed by atoms with Gasteiger partial charge in [0.1, 0.15) is 0 Å². The Hall–Kier alpha value is -2.39. The maximum atomic E-state index is 11.7. The average Bonchev–Trinajstić information content (AvgIpc) is 3.27. The summed E-state index contributed by atoms with van der Waals surface area (Å²) in [5, 5.41) is 3.08. The van der Waals surface area contributed by atoms with Gasteiger partial charge in [0.05, 0.1) is 45.8 Å². The van der Waals surface area contributed by atoms with Gasteiger partial charge >= 0.3 is 0 Å². The van der Waals surface area contributed by atoms with Gasteiger partial charge in [-0.2, -0.15) is 0 Å². The number of ether oxygens (including phenoxy) is 5. The number of carbonyl (C=O) groups is 1. The van der Waals surface area contributed by atoms with Crippen LogP contribution in [0.5, 0.6) is 28.7 Å². The lowest BCUT2D eigenvalue weighted by molar-refractivity contribution is -0.114. The Labute approximate surface area is 191 Å². The van der Waals surface area contributed by atoms with Crippen LogP contribution < -0.4 is 29.0 Å². The van der Waals surface area contributed by atoms with Crippen molar-refractivity contribution < 1.29 is 28.5 Å². The average molecular weight is 466 g/mol. The van der Waals surface area contributed by atoms with Gasteiger partial charge in [0, 0.05) is 17.9 Å². The SMILES string of the molecule is COc1cc([C@@H]2SC[C@@H](c3cc(OC)c(OC)c(OC)c3)S2)cc(NC(C)=O)c1OC. The number of amides is 1. The van der Waals surface area contributed by atoms with Gasteiger partial charge in [-0.05, 0) is 35.4 Å². The summed E-state index contributed by atoms with van der Waals surface area (Å²) in [4.78, 5) is 11.7. The van der Waals surface area contributed by atoms with E-state index in [0.717, 1.165) is 16.9 Å². The summed E-state index contributed by atoms with van der Waals surface area (Å²) < 4.78 is 27.6. The minimum absolute atomic E-state index is 0.163. The monoisotopic (exact) mass is 465 g/mol. The van der Waals surface area contributed by atoms with E-state index < -0.39 is 0 Å². The van der Waals surface area contributed by atoms with E-state index in [9.17, 15) is 4.79 Å². The van der Waals surface area contributed by atoms with Crippen molar-refractivity contribution in [2.75, 3.05) is 46.6 Å². The van der Waals surface area contributed by atoms with Gasteiger partial charge in [-0.25, -0.2) is 0 Å². The van der Waals surface area contributed by atoms with Crippen LogP contribution in [0, 0.1) is 0 Å². The summed E-state index contributed by atoms with van der Waals surface area (Å²) >= 11 is 3.67. The highest BCUT2D eigenvalue weighted by Gasteiger charge is 2.31. The van der Waals surface area contributed by atoms with Crippen molar-refractivity contribution in [3.8, 4) is 28.7 Å². The first-order chi connectivity index (χ1) is 14.9.